The highest BCUT2D eigenvalue weighted by molar-refractivity contribution is 5.59. The monoisotopic (exact) mass is 273 g/mol. The van der Waals surface area contributed by atoms with Crippen molar-refractivity contribution in [3.63, 3.8) is 0 Å². The third kappa shape index (κ3) is 3.84. The molecule has 0 unspecified atom stereocenters. The van der Waals surface area contributed by atoms with Gasteiger partial charge in [-0.15, -0.1) is 0 Å². The van der Waals surface area contributed by atoms with Crippen molar-refractivity contribution in [1.29, 1.82) is 0 Å². The Kier molecular flexibility index (Phi) is 4.14. The van der Waals surface area contributed by atoms with Crippen LogP contribution in [0.3, 0.4) is 0 Å². The maximum atomic E-state index is 13.1. The summed E-state index contributed by atoms with van der Waals surface area (Å²) in [6.45, 7) is 8.93. The summed E-state index contributed by atoms with van der Waals surface area (Å²) in [6, 6.07) is 4.64. The number of halogens is 1. The number of hydrogen-bond acceptors (Lipinski definition) is 3. The molecule has 106 valence electrons. The van der Waals surface area contributed by atoms with E-state index in [1.54, 1.807) is 6.07 Å². The second kappa shape index (κ2) is 5.67. The van der Waals surface area contributed by atoms with Crippen LogP contribution in [0, 0.1) is 12.7 Å². The van der Waals surface area contributed by atoms with Crippen molar-refractivity contribution >= 4 is 0 Å². The highest BCUT2D eigenvalue weighted by Crippen LogP contribution is 2.20. The van der Waals surface area contributed by atoms with Crippen LogP contribution in [-0.4, -0.2) is 15.5 Å². The molecule has 1 heterocycles. The molecule has 0 saturated heterocycles. The van der Waals surface area contributed by atoms with Gasteiger partial charge in [0.2, 0.25) is 0 Å². The van der Waals surface area contributed by atoms with Gasteiger partial charge in [-0.05, 0) is 51.5 Å². The molecule has 0 radical (unpaired) electrons. The third-order valence-corrected chi connectivity index (χ3v) is 2.96. The first-order valence-electron chi connectivity index (χ1n) is 6.68. The standard InChI is InChI=1S/C16H20FN3/c1-11-7-13(17)5-6-14(11)15-18-8-12(9-19-15)10-20-16(2,3)4/h5-9,20H,10H2,1-4H3. The summed E-state index contributed by atoms with van der Waals surface area (Å²) in [6.07, 6.45) is 3.62. The van der Waals surface area contributed by atoms with Crippen LogP contribution >= 0.6 is 0 Å². The minimum atomic E-state index is -0.239. The van der Waals surface area contributed by atoms with Crippen molar-refractivity contribution < 1.29 is 4.39 Å². The first-order chi connectivity index (χ1) is 9.35. The first kappa shape index (κ1) is 14.6. The third-order valence-electron chi connectivity index (χ3n) is 2.96. The van der Waals surface area contributed by atoms with Crippen molar-refractivity contribution in [2.45, 2.75) is 39.8 Å². The first-order valence-corrected chi connectivity index (χ1v) is 6.68. The van der Waals surface area contributed by atoms with E-state index in [0.29, 0.717) is 5.82 Å². The predicted molar refractivity (Wildman–Crippen MR) is 78.8 cm³/mol. The van der Waals surface area contributed by atoms with Gasteiger partial charge in [0, 0.05) is 35.6 Å². The number of hydrogen-bond donors (Lipinski definition) is 1. The SMILES string of the molecule is Cc1cc(F)ccc1-c1ncc(CNC(C)(C)C)cn1. The van der Waals surface area contributed by atoms with Crippen LogP contribution in [0.15, 0.2) is 30.6 Å². The Morgan fingerprint density at radius 2 is 1.80 bits per heavy atom. The van der Waals surface area contributed by atoms with Gasteiger partial charge < -0.3 is 5.32 Å². The highest BCUT2D eigenvalue weighted by Gasteiger charge is 2.10. The van der Waals surface area contributed by atoms with Crippen LogP contribution in [0.5, 0.6) is 0 Å². The minimum Gasteiger partial charge on any atom is -0.308 e. The molecule has 2 aromatic rings. The number of nitrogens with one attached hydrogen (secondary N) is 1. The van der Waals surface area contributed by atoms with Gasteiger partial charge in [-0.3, -0.25) is 0 Å². The molecule has 2 rings (SSSR count). The summed E-state index contributed by atoms with van der Waals surface area (Å²) in [5, 5.41) is 3.39. The zero-order valence-corrected chi connectivity index (χ0v) is 12.4. The largest absolute Gasteiger partial charge is 0.308 e. The lowest BCUT2D eigenvalue weighted by Crippen LogP contribution is -2.35. The van der Waals surface area contributed by atoms with Gasteiger partial charge in [-0.1, -0.05) is 0 Å². The molecule has 0 aliphatic rings. The maximum Gasteiger partial charge on any atom is 0.159 e. The number of rotatable bonds is 3. The Labute approximate surface area is 119 Å². The van der Waals surface area contributed by atoms with Crippen LogP contribution in [0.4, 0.5) is 4.39 Å². The molecule has 0 saturated carbocycles. The fourth-order valence-electron chi connectivity index (χ4n) is 1.83. The summed E-state index contributed by atoms with van der Waals surface area (Å²) in [7, 11) is 0. The number of aryl methyl sites for hydroxylation is 1. The highest BCUT2D eigenvalue weighted by atomic mass is 19.1. The van der Waals surface area contributed by atoms with E-state index < -0.39 is 0 Å². The average molecular weight is 273 g/mol. The molecule has 0 aliphatic heterocycles. The molecule has 0 atom stereocenters. The van der Waals surface area contributed by atoms with Gasteiger partial charge in [-0.2, -0.15) is 0 Å². The normalized spacial score (nSPS) is 11.7. The van der Waals surface area contributed by atoms with E-state index in [0.717, 1.165) is 23.2 Å². The molecule has 1 aromatic heterocycles. The molecule has 0 spiro atoms. The fourth-order valence-corrected chi connectivity index (χ4v) is 1.83. The van der Waals surface area contributed by atoms with Crippen molar-refractivity contribution in [3.05, 3.63) is 47.5 Å². The van der Waals surface area contributed by atoms with E-state index >= 15 is 0 Å². The molecular weight excluding hydrogens is 253 g/mol. The number of aromatic nitrogens is 2. The molecule has 20 heavy (non-hydrogen) atoms. The second-order valence-electron chi connectivity index (χ2n) is 5.98. The molecular formula is C16H20FN3. The Morgan fingerprint density at radius 3 is 2.35 bits per heavy atom. The van der Waals surface area contributed by atoms with Crippen LogP contribution in [0.25, 0.3) is 11.4 Å². The summed E-state index contributed by atoms with van der Waals surface area (Å²) >= 11 is 0. The predicted octanol–water partition coefficient (Wildman–Crippen LogP) is 3.48. The van der Waals surface area contributed by atoms with E-state index in [1.165, 1.54) is 12.1 Å². The van der Waals surface area contributed by atoms with Crippen molar-refractivity contribution in [3.8, 4) is 11.4 Å². The molecule has 3 nitrogen and oxygen atoms in total. The molecule has 0 amide bonds. The zero-order chi connectivity index (χ0) is 14.8. The van der Waals surface area contributed by atoms with E-state index in [1.807, 2.05) is 19.3 Å². The van der Waals surface area contributed by atoms with Crippen LogP contribution < -0.4 is 5.32 Å². The quantitative estimate of drug-likeness (QED) is 0.930. The maximum absolute atomic E-state index is 13.1. The molecule has 0 bridgehead atoms. The van der Waals surface area contributed by atoms with Crippen LogP contribution in [0.1, 0.15) is 31.9 Å². The second-order valence-corrected chi connectivity index (χ2v) is 5.98. The van der Waals surface area contributed by atoms with Crippen LogP contribution in [0.2, 0.25) is 0 Å². The van der Waals surface area contributed by atoms with E-state index in [9.17, 15) is 4.39 Å². The minimum absolute atomic E-state index is 0.0617. The summed E-state index contributed by atoms with van der Waals surface area (Å²) in [5.41, 5.74) is 2.79. The van der Waals surface area contributed by atoms with Gasteiger partial charge in [0.05, 0.1) is 0 Å². The summed E-state index contributed by atoms with van der Waals surface area (Å²) in [5.74, 6) is 0.388. The lowest BCUT2D eigenvalue weighted by Gasteiger charge is -2.20. The Hall–Kier alpha value is -1.81. The Bertz CT molecular complexity index is 586. The molecule has 0 fully saturated rings. The van der Waals surface area contributed by atoms with Gasteiger partial charge in [0.25, 0.3) is 0 Å². The molecule has 1 aromatic carbocycles. The fraction of sp³-hybridized carbons (Fsp3) is 0.375. The number of benzene rings is 1. The summed E-state index contributed by atoms with van der Waals surface area (Å²) in [4.78, 5) is 8.73. The van der Waals surface area contributed by atoms with E-state index in [-0.39, 0.29) is 11.4 Å². The van der Waals surface area contributed by atoms with E-state index in [4.69, 9.17) is 0 Å². The van der Waals surface area contributed by atoms with Crippen LogP contribution in [-0.2, 0) is 6.54 Å². The van der Waals surface area contributed by atoms with Gasteiger partial charge in [0.15, 0.2) is 5.82 Å². The van der Waals surface area contributed by atoms with E-state index in [2.05, 4.69) is 36.1 Å². The van der Waals surface area contributed by atoms with Gasteiger partial charge in [0.1, 0.15) is 5.82 Å². The average Bonchev–Trinajstić information content (AvgIpc) is 2.36. The van der Waals surface area contributed by atoms with Crippen molar-refractivity contribution in [2.24, 2.45) is 0 Å². The van der Waals surface area contributed by atoms with Gasteiger partial charge >= 0.3 is 0 Å². The van der Waals surface area contributed by atoms with Crippen molar-refractivity contribution in [2.75, 3.05) is 0 Å². The molecule has 0 aliphatic carbocycles. The van der Waals surface area contributed by atoms with Crippen molar-refractivity contribution in [1.82, 2.24) is 15.3 Å². The summed E-state index contributed by atoms with van der Waals surface area (Å²) < 4.78 is 13.1. The molecule has 4 heteroatoms. The Morgan fingerprint density at radius 1 is 1.15 bits per heavy atom. The van der Waals surface area contributed by atoms with Gasteiger partial charge in [-0.25, -0.2) is 14.4 Å². The lowest BCUT2D eigenvalue weighted by molar-refractivity contribution is 0.423. The Balaban J connectivity index is 2.15. The lowest BCUT2D eigenvalue weighted by atomic mass is 10.1. The zero-order valence-electron chi connectivity index (χ0n) is 12.4. The molecule has 1 N–H and O–H groups in total. The smallest absolute Gasteiger partial charge is 0.159 e. The topological polar surface area (TPSA) is 37.8 Å². The number of nitrogens with zero attached hydrogens (tertiary/aromatic N) is 2.